The third-order valence-corrected chi connectivity index (χ3v) is 5.94. The Kier molecular flexibility index (Phi) is 6.27. The van der Waals surface area contributed by atoms with Crippen LogP contribution in [0.3, 0.4) is 0 Å². The molecule has 0 radical (unpaired) electrons. The number of aldehydes is 1. The summed E-state index contributed by atoms with van der Waals surface area (Å²) in [5, 5.41) is 1.54. The predicted octanol–water partition coefficient (Wildman–Crippen LogP) is 2.86. The van der Waals surface area contributed by atoms with Crippen LogP contribution in [0, 0.1) is 6.92 Å². The minimum atomic E-state index is -4.94. The second kappa shape index (κ2) is 8.26. The van der Waals surface area contributed by atoms with Crippen molar-refractivity contribution >= 4 is 22.2 Å². The molecular weight excluding hydrogens is 380 g/mol. The predicted molar refractivity (Wildman–Crippen MR) is 92.9 cm³/mol. The van der Waals surface area contributed by atoms with Gasteiger partial charge in [0, 0.05) is 0 Å². The van der Waals surface area contributed by atoms with Crippen molar-refractivity contribution in [3.8, 4) is 0 Å². The van der Waals surface area contributed by atoms with E-state index in [9.17, 15) is 26.8 Å². The molecule has 0 aromatic heterocycles. The third-order valence-electron chi connectivity index (χ3n) is 3.79. The zero-order valence-corrected chi connectivity index (χ0v) is 15.1. The molecule has 0 heterocycles. The molecule has 0 aliphatic carbocycles. The lowest BCUT2D eigenvalue weighted by atomic mass is 10.2. The van der Waals surface area contributed by atoms with E-state index in [0.717, 1.165) is 12.1 Å². The van der Waals surface area contributed by atoms with Gasteiger partial charge in [0.05, 0.1) is 4.90 Å². The van der Waals surface area contributed by atoms with Crippen LogP contribution in [0.5, 0.6) is 0 Å². The summed E-state index contributed by atoms with van der Waals surface area (Å²) in [6.45, 7) is 1.39. The Morgan fingerprint density at radius 3 is 2.26 bits per heavy atom. The Morgan fingerprint density at radius 1 is 1.15 bits per heavy atom. The molecule has 0 saturated heterocycles. The minimum Gasteiger partial charge on any atom is -0.445 e. The number of ether oxygens (including phenoxy) is 1. The van der Waals surface area contributed by atoms with E-state index in [0.29, 0.717) is 11.1 Å². The van der Waals surface area contributed by atoms with Crippen LogP contribution in [-0.4, -0.2) is 32.1 Å². The van der Waals surface area contributed by atoms with Gasteiger partial charge in [0.15, 0.2) is 6.29 Å². The maximum absolute atomic E-state index is 13.7. The van der Waals surface area contributed by atoms with Crippen LogP contribution in [0.1, 0.15) is 11.1 Å². The Morgan fingerprint density at radius 2 is 1.74 bits per heavy atom. The molecule has 9 heteroatoms. The van der Waals surface area contributed by atoms with Gasteiger partial charge in [-0.25, -0.2) is 22.0 Å². The van der Waals surface area contributed by atoms with E-state index in [1.165, 1.54) is 17.4 Å². The summed E-state index contributed by atoms with van der Waals surface area (Å²) < 4.78 is 57.4. The van der Waals surface area contributed by atoms with Gasteiger partial charge in [-0.15, -0.1) is 0 Å². The van der Waals surface area contributed by atoms with E-state index >= 15 is 0 Å². The first-order valence-electron chi connectivity index (χ1n) is 7.77. The molecule has 2 aromatic rings. The van der Waals surface area contributed by atoms with E-state index in [-0.39, 0.29) is 6.61 Å². The quantitative estimate of drug-likeness (QED) is 0.726. The lowest BCUT2D eigenvalue weighted by Crippen LogP contribution is -2.60. The zero-order chi connectivity index (χ0) is 20.1. The molecule has 1 atom stereocenters. The fourth-order valence-electron chi connectivity index (χ4n) is 2.21. The van der Waals surface area contributed by atoms with Crippen molar-refractivity contribution < 1.29 is 31.5 Å². The van der Waals surface area contributed by atoms with Gasteiger partial charge in [0.2, 0.25) is 9.84 Å². The summed E-state index contributed by atoms with van der Waals surface area (Å²) in [6.07, 6.45) is -5.66. The minimum absolute atomic E-state index is 0.282. The Bertz CT molecular complexity index is 901. The molecule has 0 fully saturated rings. The number of aryl methyl sites for hydroxylation is 1. The summed E-state index contributed by atoms with van der Waals surface area (Å²) >= 11 is 0. The lowest BCUT2D eigenvalue weighted by Gasteiger charge is -2.27. The number of hydrogen-bond donors (Lipinski definition) is 1. The molecule has 2 aromatic carbocycles. The van der Waals surface area contributed by atoms with Crippen LogP contribution in [0.4, 0.5) is 13.6 Å². The van der Waals surface area contributed by atoms with Crippen LogP contribution in [0.2, 0.25) is 0 Å². The molecule has 2 rings (SSSR count). The standard InChI is InChI=1S/C18H17F2NO5S/c1-13-7-9-15(10-8-13)27(24,25)18(12-22,16(19)20)21-17(23)26-11-14-5-3-2-4-6-14/h2-10,12,16H,11H2,1H3,(H,21,23)/t18-/m1/s1. The molecule has 0 bridgehead atoms. The fraction of sp³-hybridized carbons (Fsp3) is 0.222. The van der Waals surface area contributed by atoms with E-state index < -0.39 is 38.4 Å². The molecular formula is C18H17F2NO5S. The average molecular weight is 397 g/mol. The molecule has 0 spiro atoms. The third kappa shape index (κ3) is 4.30. The first kappa shape index (κ1) is 20.5. The Labute approximate surface area is 155 Å². The highest BCUT2D eigenvalue weighted by Gasteiger charge is 2.55. The largest absolute Gasteiger partial charge is 0.445 e. The van der Waals surface area contributed by atoms with Crippen molar-refractivity contribution in [3.63, 3.8) is 0 Å². The summed E-state index contributed by atoms with van der Waals surface area (Å²) in [5.74, 6) is 0. The van der Waals surface area contributed by atoms with Gasteiger partial charge >= 0.3 is 6.09 Å². The van der Waals surface area contributed by atoms with Gasteiger partial charge < -0.3 is 4.74 Å². The summed E-state index contributed by atoms with van der Waals surface area (Å²) in [7, 11) is -4.94. The van der Waals surface area contributed by atoms with Crippen LogP contribution in [0.15, 0.2) is 59.5 Å². The zero-order valence-electron chi connectivity index (χ0n) is 14.3. The number of sulfone groups is 1. The first-order chi connectivity index (χ1) is 12.7. The van der Waals surface area contributed by atoms with Gasteiger partial charge in [0.25, 0.3) is 11.3 Å². The molecule has 0 unspecified atom stereocenters. The van der Waals surface area contributed by atoms with E-state index in [1.807, 2.05) is 0 Å². The van der Waals surface area contributed by atoms with E-state index in [2.05, 4.69) is 0 Å². The number of amides is 1. The van der Waals surface area contributed by atoms with Crippen LogP contribution < -0.4 is 5.32 Å². The Balaban J connectivity index is 2.28. The smallest absolute Gasteiger partial charge is 0.409 e. The van der Waals surface area contributed by atoms with Crippen LogP contribution in [0.25, 0.3) is 0 Å². The number of hydrogen-bond acceptors (Lipinski definition) is 5. The van der Waals surface area contributed by atoms with Gasteiger partial charge in [0.1, 0.15) is 6.61 Å². The second-order valence-corrected chi connectivity index (χ2v) is 7.87. The number of alkyl carbamates (subject to hydrolysis) is 1. The number of rotatable bonds is 7. The number of halogens is 2. The summed E-state index contributed by atoms with van der Waals surface area (Å²) in [4.78, 5) is 19.4. The lowest BCUT2D eigenvalue weighted by molar-refractivity contribution is -0.114. The Hall–Kier alpha value is -2.81. The molecule has 0 aliphatic heterocycles. The molecule has 1 amide bonds. The number of alkyl halides is 2. The van der Waals surface area contributed by atoms with Crippen molar-refractivity contribution in [2.75, 3.05) is 0 Å². The fourth-order valence-corrected chi connectivity index (χ4v) is 3.68. The first-order valence-corrected chi connectivity index (χ1v) is 9.26. The number of benzene rings is 2. The van der Waals surface area contributed by atoms with Crippen LogP contribution >= 0.6 is 0 Å². The SMILES string of the molecule is Cc1ccc(S(=O)(=O)[C@@](C=O)(NC(=O)OCc2ccccc2)C(F)F)cc1. The molecule has 0 aliphatic rings. The van der Waals surface area contributed by atoms with E-state index in [1.54, 1.807) is 37.3 Å². The maximum Gasteiger partial charge on any atom is 0.409 e. The van der Waals surface area contributed by atoms with Gasteiger partial charge in [-0.3, -0.25) is 10.1 Å². The monoisotopic (exact) mass is 397 g/mol. The van der Waals surface area contributed by atoms with Gasteiger partial charge in [-0.2, -0.15) is 0 Å². The van der Waals surface area contributed by atoms with Crippen molar-refractivity contribution in [2.24, 2.45) is 0 Å². The van der Waals surface area contributed by atoms with Gasteiger partial charge in [-0.1, -0.05) is 48.0 Å². The van der Waals surface area contributed by atoms with Crippen molar-refractivity contribution in [3.05, 3.63) is 65.7 Å². The maximum atomic E-state index is 13.7. The van der Waals surface area contributed by atoms with Crippen LogP contribution in [-0.2, 0) is 26.0 Å². The molecule has 1 N–H and O–H groups in total. The molecule has 27 heavy (non-hydrogen) atoms. The van der Waals surface area contributed by atoms with Gasteiger partial charge in [-0.05, 0) is 24.6 Å². The second-order valence-electron chi connectivity index (χ2n) is 5.71. The highest BCUT2D eigenvalue weighted by atomic mass is 32.2. The number of nitrogens with one attached hydrogen (secondary N) is 1. The van der Waals surface area contributed by atoms with Crippen molar-refractivity contribution in [1.82, 2.24) is 5.32 Å². The molecule has 144 valence electrons. The number of carbonyl (C=O) groups excluding carboxylic acids is 2. The normalized spacial score (nSPS) is 13.6. The number of carbonyl (C=O) groups is 2. The summed E-state index contributed by atoms with van der Waals surface area (Å²) in [5.41, 5.74) is 1.25. The van der Waals surface area contributed by atoms with Crippen molar-refractivity contribution in [2.45, 2.75) is 29.7 Å². The van der Waals surface area contributed by atoms with Crippen molar-refractivity contribution in [1.29, 1.82) is 0 Å². The summed E-state index contributed by atoms with van der Waals surface area (Å²) in [6, 6.07) is 13.3. The topological polar surface area (TPSA) is 89.5 Å². The molecule has 6 nitrogen and oxygen atoms in total. The van der Waals surface area contributed by atoms with E-state index in [4.69, 9.17) is 4.74 Å². The highest BCUT2D eigenvalue weighted by Crippen LogP contribution is 2.28. The average Bonchev–Trinajstić information content (AvgIpc) is 2.65. The highest BCUT2D eigenvalue weighted by molar-refractivity contribution is 7.93. The molecule has 0 saturated carbocycles.